The first kappa shape index (κ1) is 11.7. The largest absolute Gasteiger partial charge is 0.375 e. The van der Waals surface area contributed by atoms with Crippen LogP contribution in [-0.2, 0) is 19.4 Å². The molecule has 0 unspecified atom stereocenters. The predicted molar refractivity (Wildman–Crippen MR) is 75.7 cm³/mol. The monoisotopic (exact) mass is 259 g/mol. The van der Waals surface area contributed by atoms with Gasteiger partial charge < -0.3 is 5.73 Å². The van der Waals surface area contributed by atoms with Crippen LogP contribution >= 0.6 is 11.3 Å². The van der Waals surface area contributed by atoms with Gasteiger partial charge in [0.15, 0.2) is 5.13 Å². The van der Waals surface area contributed by atoms with Gasteiger partial charge in [-0.2, -0.15) is 0 Å². The number of rotatable bonds is 2. The molecule has 0 aliphatic carbocycles. The molecule has 3 nitrogen and oxygen atoms in total. The summed E-state index contributed by atoms with van der Waals surface area (Å²) < 4.78 is 0. The summed E-state index contributed by atoms with van der Waals surface area (Å²) in [6.45, 7) is 3.21. The maximum absolute atomic E-state index is 5.67. The highest BCUT2D eigenvalue weighted by Crippen LogP contribution is 2.20. The molecule has 18 heavy (non-hydrogen) atoms. The Morgan fingerprint density at radius 2 is 1.83 bits per heavy atom. The van der Waals surface area contributed by atoms with Crippen LogP contribution < -0.4 is 5.73 Å². The highest BCUT2D eigenvalue weighted by molar-refractivity contribution is 7.15. The van der Waals surface area contributed by atoms with Gasteiger partial charge in [-0.3, -0.25) is 4.90 Å². The van der Waals surface area contributed by atoms with Crippen LogP contribution in [0.25, 0.3) is 0 Å². The summed E-state index contributed by atoms with van der Waals surface area (Å²) in [6.07, 6.45) is 4.19. The minimum absolute atomic E-state index is 0.670. The zero-order chi connectivity index (χ0) is 12.4. The van der Waals surface area contributed by atoms with Gasteiger partial charge in [-0.25, -0.2) is 4.98 Å². The molecular weight excluding hydrogens is 242 g/mol. The van der Waals surface area contributed by atoms with Gasteiger partial charge in [0.25, 0.3) is 0 Å². The topological polar surface area (TPSA) is 42.1 Å². The average molecular weight is 259 g/mol. The molecular formula is C14H17N3S. The van der Waals surface area contributed by atoms with Crippen molar-refractivity contribution in [3.05, 3.63) is 46.5 Å². The smallest absolute Gasteiger partial charge is 0.180 e. The van der Waals surface area contributed by atoms with E-state index in [2.05, 4.69) is 34.1 Å². The van der Waals surface area contributed by atoms with Gasteiger partial charge in [-0.15, -0.1) is 11.3 Å². The van der Waals surface area contributed by atoms with Gasteiger partial charge in [-0.1, -0.05) is 24.3 Å². The van der Waals surface area contributed by atoms with Gasteiger partial charge in [0.1, 0.15) is 0 Å². The summed E-state index contributed by atoms with van der Waals surface area (Å²) in [7, 11) is 0. The SMILES string of the molecule is Nc1ncc(CN2CCc3ccccc3CC2)s1. The van der Waals surface area contributed by atoms with Crippen LogP contribution in [0.2, 0.25) is 0 Å². The molecule has 0 saturated carbocycles. The fourth-order valence-corrected chi connectivity index (χ4v) is 3.22. The van der Waals surface area contributed by atoms with Crippen LogP contribution in [0.15, 0.2) is 30.5 Å². The van der Waals surface area contributed by atoms with Crippen molar-refractivity contribution in [3.63, 3.8) is 0 Å². The molecule has 1 aliphatic rings. The molecule has 1 aromatic carbocycles. The molecule has 0 saturated heterocycles. The highest BCUT2D eigenvalue weighted by atomic mass is 32.1. The zero-order valence-corrected chi connectivity index (χ0v) is 11.1. The Bertz CT molecular complexity index is 508. The number of nitrogens with two attached hydrogens (primary N) is 1. The fraction of sp³-hybridized carbons (Fsp3) is 0.357. The van der Waals surface area contributed by atoms with Crippen LogP contribution in [-0.4, -0.2) is 23.0 Å². The van der Waals surface area contributed by atoms with E-state index in [0.717, 1.165) is 32.5 Å². The lowest BCUT2D eigenvalue weighted by Crippen LogP contribution is -2.25. The number of hydrogen-bond acceptors (Lipinski definition) is 4. The maximum atomic E-state index is 5.67. The number of aromatic nitrogens is 1. The summed E-state index contributed by atoms with van der Waals surface area (Å²) >= 11 is 1.60. The second kappa shape index (κ2) is 5.08. The molecule has 2 heterocycles. The third-order valence-electron chi connectivity index (χ3n) is 3.46. The first-order chi connectivity index (χ1) is 8.81. The van der Waals surface area contributed by atoms with Gasteiger partial charge in [0, 0.05) is 30.7 Å². The summed E-state index contributed by atoms with van der Waals surface area (Å²) in [5.41, 5.74) is 8.68. The van der Waals surface area contributed by atoms with Crippen molar-refractivity contribution in [2.75, 3.05) is 18.8 Å². The van der Waals surface area contributed by atoms with E-state index in [1.165, 1.54) is 16.0 Å². The molecule has 4 heteroatoms. The predicted octanol–water partition coefficient (Wildman–Crippen LogP) is 2.33. The van der Waals surface area contributed by atoms with E-state index in [9.17, 15) is 0 Å². The number of nitrogens with zero attached hydrogens (tertiary/aromatic N) is 2. The van der Waals surface area contributed by atoms with Crippen LogP contribution in [0.5, 0.6) is 0 Å². The van der Waals surface area contributed by atoms with Crippen molar-refractivity contribution >= 4 is 16.5 Å². The lowest BCUT2D eigenvalue weighted by molar-refractivity contribution is 0.281. The molecule has 0 radical (unpaired) electrons. The molecule has 0 spiro atoms. The third-order valence-corrected chi connectivity index (χ3v) is 4.28. The Kier molecular flexibility index (Phi) is 3.30. The van der Waals surface area contributed by atoms with E-state index in [0.29, 0.717) is 5.13 Å². The number of hydrogen-bond donors (Lipinski definition) is 1. The molecule has 0 atom stereocenters. The zero-order valence-electron chi connectivity index (χ0n) is 10.3. The Balaban J connectivity index is 1.68. The van der Waals surface area contributed by atoms with Crippen LogP contribution in [0.1, 0.15) is 16.0 Å². The second-order valence-corrected chi connectivity index (χ2v) is 5.86. The van der Waals surface area contributed by atoms with E-state index >= 15 is 0 Å². The van der Waals surface area contributed by atoms with Crippen molar-refractivity contribution in [2.24, 2.45) is 0 Å². The Hall–Kier alpha value is -1.39. The van der Waals surface area contributed by atoms with Gasteiger partial charge in [0.2, 0.25) is 0 Å². The molecule has 1 aliphatic heterocycles. The summed E-state index contributed by atoms with van der Waals surface area (Å²) in [5, 5.41) is 0.670. The number of nitrogen functional groups attached to an aromatic ring is 1. The third kappa shape index (κ3) is 2.54. The van der Waals surface area contributed by atoms with E-state index in [4.69, 9.17) is 5.73 Å². The number of benzene rings is 1. The summed E-state index contributed by atoms with van der Waals surface area (Å²) in [4.78, 5) is 7.87. The maximum Gasteiger partial charge on any atom is 0.180 e. The highest BCUT2D eigenvalue weighted by Gasteiger charge is 2.14. The molecule has 3 rings (SSSR count). The minimum atomic E-state index is 0.670. The second-order valence-electron chi connectivity index (χ2n) is 4.71. The van der Waals surface area contributed by atoms with E-state index in [1.54, 1.807) is 11.3 Å². The number of thiazole rings is 1. The molecule has 2 aromatic rings. The molecule has 1 aromatic heterocycles. The standard InChI is InChI=1S/C14H17N3S/c15-14-16-9-13(18-14)10-17-7-5-11-3-1-2-4-12(11)6-8-17/h1-4,9H,5-8,10H2,(H2,15,16). The van der Waals surface area contributed by atoms with Crippen molar-refractivity contribution < 1.29 is 0 Å². The van der Waals surface area contributed by atoms with Crippen LogP contribution in [0.3, 0.4) is 0 Å². The summed E-state index contributed by atoms with van der Waals surface area (Å²) in [6, 6.07) is 8.78. The first-order valence-electron chi connectivity index (χ1n) is 6.30. The lowest BCUT2D eigenvalue weighted by atomic mass is 10.0. The van der Waals surface area contributed by atoms with Crippen molar-refractivity contribution in [3.8, 4) is 0 Å². The quantitative estimate of drug-likeness (QED) is 0.900. The lowest BCUT2D eigenvalue weighted by Gasteiger charge is -2.18. The Morgan fingerprint density at radius 3 is 2.39 bits per heavy atom. The van der Waals surface area contributed by atoms with E-state index < -0.39 is 0 Å². The summed E-state index contributed by atoms with van der Waals surface area (Å²) in [5.74, 6) is 0. The van der Waals surface area contributed by atoms with Gasteiger partial charge in [-0.05, 0) is 24.0 Å². The van der Waals surface area contributed by atoms with Crippen LogP contribution in [0, 0.1) is 0 Å². The normalized spacial score (nSPS) is 16.2. The molecule has 0 fully saturated rings. The van der Waals surface area contributed by atoms with E-state index in [1.807, 2.05) is 6.20 Å². The number of anilines is 1. The Labute approximate surface area is 111 Å². The van der Waals surface area contributed by atoms with Crippen molar-refractivity contribution in [1.29, 1.82) is 0 Å². The van der Waals surface area contributed by atoms with E-state index in [-0.39, 0.29) is 0 Å². The van der Waals surface area contributed by atoms with Gasteiger partial charge in [0.05, 0.1) is 0 Å². The van der Waals surface area contributed by atoms with Crippen molar-refractivity contribution in [1.82, 2.24) is 9.88 Å². The first-order valence-corrected chi connectivity index (χ1v) is 7.12. The number of fused-ring (bicyclic) bond motifs is 1. The molecule has 0 amide bonds. The van der Waals surface area contributed by atoms with Crippen LogP contribution in [0.4, 0.5) is 5.13 Å². The van der Waals surface area contributed by atoms with Gasteiger partial charge >= 0.3 is 0 Å². The molecule has 2 N–H and O–H groups in total. The van der Waals surface area contributed by atoms with Crippen molar-refractivity contribution in [2.45, 2.75) is 19.4 Å². The minimum Gasteiger partial charge on any atom is -0.375 e. The fourth-order valence-electron chi connectivity index (χ4n) is 2.49. The average Bonchev–Trinajstić information content (AvgIpc) is 2.68. The Morgan fingerprint density at radius 1 is 1.17 bits per heavy atom. The molecule has 94 valence electrons. The molecule has 0 bridgehead atoms.